The van der Waals surface area contributed by atoms with Crippen molar-refractivity contribution in [2.24, 2.45) is 0 Å². The van der Waals surface area contributed by atoms with Gasteiger partial charge in [0, 0.05) is 31.7 Å². The van der Waals surface area contributed by atoms with E-state index < -0.39 is 10.0 Å². The smallest absolute Gasteiger partial charge is 0.317 e. The minimum absolute atomic E-state index is 0.125. The summed E-state index contributed by atoms with van der Waals surface area (Å²) in [6.45, 7) is 9.30. The van der Waals surface area contributed by atoms with Gasteiger partial charge in [0.1, 0.15) is 0 Å². The van der Waals surface area contributed by atoms with Crippen molar-refractivity contribution in [3.63, 3.8) is 0 Å². The van der Waals surface area contributed by atoms with Crippen molar-refractivity contribution >= 4 is 16.1 Å². The summed E-state index contributed by atoms with van der Waals surface area (Å²) in [5, 5.41) is 2.89. The third kappa shape index (κ3) is 4.99. The van der Waals surface area contributed by atoms with Crippen molar-refractivity contribution in [2.75, 3.05) is 31.9 Å². The zero-order valence-corrected chi connectivity index (χ0v) is 13.1. The third-order valence-corrected chi connectivity index (χ3v) is 4.94. The lowest BCUT2D eigenvalue weighted by Crippen LogP contribution is -2.56. The van der Waals surface area contributed by atoms with Crippen LogP contribution in [-0.4, -0.2) is 61.1 Å². The van der Waals surface area contributed by atoms with Crippen LogP contribution < -0.4 is 5.32 Å². The molecule has 0 bridgehead atoms. The van der Waals surface area contributed by atoms with Crippen molar-refractivity contribution < 1.29 is 13.2 Å². The van der Waals surface area contributed by atoms with Crippen LogP contribution in [0.4, 0.5) is 4.79 Å². The fourth-order valence-corrected chi connectivity index (χ4v) is 3.45. The van der Waals surface area contributed by atoms with Crippen LogP contribution in [0, 0.1) is 0 Å². The highest BCUT2D eigenvalue weighted by atomic mass is 32.2. The Kier molecular flexibility index (Phi) is 5.20. The maximum atomic E-state index is 11.9. The van der Waals surface area contributed by atoms with Gasteiger partial charge in [-0.1, -0.05) is 6.92 Å². The number of nitrogens with zero attached hydrogens (tertiary/aromatic N) is 2. The fourth-order valence-electron chi connectivity index (χ4n) is 1.96. The highest BCUT2D eigenvalue weighted by Crippen LogP contribution is 2.10. The van der Waals surface area contributed by atoms with E-state index in [1.54, 1.807) is 4.90 Å². The van der Waals surface area contributed by atoms with Gasteiger partial charge in [-0.3, -0.25) is 0 Å². The van der Waals surface area contributed by atoms with E-state index in [9.17, 15) is 13.2 Å². The summed E-state index contributed by atoms with van der Waals surface area (Å²) in [6, 6.07) is -0.125. The number of amides is 2. The average molecular weight is 291 g/mol. The number of rotatable bonds is 3. The zero-order chi connectivity index (χ0) is 14.7. The Hall–Kier alpha value is -0.820. The van der Waals surface area contributed by atoms with Gasteiger partial charge in [0.15, 0.2) is 0 Å². The van der Waals surface area contributed by atoms with Crippen LogP contribution in [0.1, 0.15) is 34.1 Å². The molecule has 0 aromatic carbocycles. The molecule has 112 valence electrons. The molecule has 0 atom stereocenters. The minimum Gasteiger partial charge on any atom is -0.333 e. The van der Waals surface area contributed by atoms with Gasteiger partial charge in [0.2, 0.25) is 10.0 Å². The molecule has 1 saturated heterocycles. The molecule has 1 heterocycles. The van der Waals surface area contributed by atoms with Crippen LogP contribution in [0.5, 0.6) is 0 Å². The van der Waals surface area contributed by atoms with Crippen LogP contribution in [-0.2, 0) is 10.0 Å². The lowest BCUT2D eigenvalue weighted by atomic mass is 10.1. The van der Waals surface area contributed by atoms with Gasteiger partial charge in [0.25, 0.3) is 0 Å². The summed E-state index contributed by atoms with van der Waals surface area (Å²) >= 11 is 0. The second-order valence-corrected chi connectivity index (χ2v) is 7.97. The molecule has 2 amide bonds. The van der Waals surface area contributed by atoms with E-state index in [-0.39, 0.29) is 17.3 Å². The molecule has 7 heteroatoms. The first-order chi connectivity index (χ1) is 8.65. The second-order valence-electron chi connectivity index (χ2n) is 5.88. The number of urea groups is 1. The zero-order valence-electron chi connectivity index (χ0n) is 12.3. The summed E-state index contributed by atoms with van der Waals surface area (Å²) in [6.07, 6.45) is 0.618. The molecule has 1 N–H and O–H groups in total. The molecule has 19 heavy (non-hydrogen) atoms. The Morgan fingerprint density at radius 1 is 1.16 bits per heavy atom. The monoisotopic (exact) mass is 291 g/mol. The molecule has 0 aromatic heterocycles. The molecule has 0 aromatic rings. The Bertz CT molecular complexity index is 406. The van der Waals surface area contributed by atoms with E-state index in [1.807, 2.05) is 27.7 Å². The predicted octanol–water partition coefficient (Wildman–Crippen LogP) is 0.852. The highest BCUT2D eigenvalue weighted by molar-refractivity contribution is 7.89. The Balaban J connectivity index is 2.52. The van der Waals surface area contributed by atoms with Crippen molar-refractivity contribution in [2.45, 2.75) is 39.7 Å². The Morgan fingerprint density at radius 2 is 1.68 bits per heavy atom. The summed E-state index contributed by atoms with van der Waals surface area (Å²) < 4.78 is 25.3. The summed E-state index contributed by atoms with van der Waals surface area (Å²) in [4.78, 5) is 13.6. The number of sulfonamides is 1. The normalized spacial score (nSPS) is 18.4. The van der Waals surface area contributed by atoms with E-state index in [2.05, 4.69) is 5.32 Å². The molecule has 1 rings (SSSR count). The first-order valence-electron chi connectivity index (χ1n) is 6.70. The van der Waals surface area contributed by atoms with E-state index in [0.29, 0.717) is 32.6 Å². The Morgan fingerprint density at radius 3 is 2.11 bits per heavy atom. The number of carbonyl (C=O) groups excluding carboxylic acids is 1. The van der Waals surface area contributed by atoms with Crippen LogP contribution >= 0.6 is 0 Å². The van der Waals surface area contributed by atoms with E-state index in [4.69, 9.17) is 0 Å². The largest absolute Gasteiger partial charge is 0.333 e. The first-order valence-corrected chi connectivity index (χ1v) is 8.31. The number of nitrogens with one attached hydrogen (secondary N) is 1. The van der Waals surface area contributed by atoms with Crippen molar-refractivity contribution in [3.8, 4) is 0 Å². The Labute approximate surface area is 116 Å². The van der Waals surface area contributed by atoms with Crippen LogP contribution in [0.2, 0.25) is 0 Å². The van der Waals surface area contributed by atoms with Crippen molar-refractivity contribution in [1.82, 2.24) is 14.5 Å². The summed E-state index contributed by atoms with van der Waals surface area (Å²) in [5.41, 5.74) is -0.275. The summed E-state index contributed by atoms with van der Waals surface area (Å²) in [5.74, 6) is 0.182. The van der Waals surface area contributed by atoms with E-state index >= 15 is 0 Å². The van der Waals surface area contributed by atoms with Crippen LogP contribution in [0.3, 0.4) is 0 Å². The molecular formula is C12H25N3O3S. The lowest BCUT2D eigenvalue weighted by molar-refractivity contribution is 0.165. The number of hydrogen-bond acceptors (Lipinski definition) is 3. The minimum atomic E-state index is -3.14. The van der Waals surface area contributed by atoms with Gasteiger partial charge in [-0.2, -0.15) is 4.31 Å². The third-order valence-electron chi connectivity index (χ3n) is 2.86. The van der Waals surface area contributed by atoms with E-state index in [0.717, 1.165) is 0 Å². The van der Waals surface area contributed by atoms with Gasteiger partial charge < -0.3 is 10.2 Å². The second kappa shape index (κ2) is 6.09. The van der Waals surface area contributed by atoms with Crippen molar-refractivity contribution in [1.29, 1.82) is 0 Å². The maximum absolute atomic E-state index is 11.9. The fraction of sp³-hybridized carbons (Fsp3) is 0.917. The number of hydrogen-bond donors (Lipinski definition) is 1. The molecular weight excluding hydrogens is 266 g/mol. The van der Waals surface area contributed by atoms with Crippen LogP contribution in [0.15, 0.2) is 0 Å². The molecule has 0 radical (unpaired) electrons. The number of piperazine rings is 1. The number of carbonyl (C=O) groups is 1. The molecule has 0 aliphatic carbocycles. The van der Waals surface area contributed by atoms with Gasteiger partial charge in [-0.05, 0) is 27.2 Å². The standard InChI is InChI=1S/C12H25N3O3S/c1-5-10-19(17,18)15-8-6-14(7-9-15)11(16)13-12(2,3)4/h5-10H2,1-4H3,(H,13,16). The molecule has 1 fully saturated rings. The van der Waals surface area contributed by atoms with E-state index in [1.165, 1.54) is 4.31 Å². The molecule has 6 nitrogen and oxygen atoms in total. The molecule has 0 spiro atoms. The van der Waals surface area contributed by atoms with Crippen molar-refractivity contribution in [3.05, 3.63) is 0 Å². The quantitative estimate of drug-likeness (QED) is 0.838. The highest BCUT2D eigenvalue weighted by Gasteiger charge is 2.29. The van der Waals surface area contributed by atoms with Gasteiger partial charge in [0.05, 0.1) is 5.75 Å². The molecule has 0 saturated carbocycles. The molecule has 1 aliphatic heterocycles. The topological polar surface area (TPSA) is 69.7 Å². The van der Waals surface area contributed by atoms with Gasteiger partial charge in [-0.15, -0.1) is 0 Å². The lowest BCUT2D eigenvalue weighted by Gasteiger charge is -2.35. The van der Waals surface area contributed by atoms with Gasteiger partial charge >= 0.3 is 6.03 Å². The van der Waals surface area contributed by atoms with Gasteiger partial charge in [-0.25, -0.2) is 13.2 Å². The summed E-state index contributed by atoms with van der Waals surface area (Å²) in [7, 11) is -3.14. The first kappa shape index (κ1) is 16.2. The predicted molar refractivity (Wildman–Crippen MR) is 75.5 cm³/mol. The maximum Gasteiger partial charge on any atom is 0.317 e. The molecule has 1 aliphatic rings. The molecule has 0 unspecified atom stereocenters. The average Bonchev–Trinajstić information content (AvgIpc) is 2.27. The SMILES string of the molecule is CCCS(=O)(=O)N1CCN(C(=O)NC(C)(C)C)CC1. The van der Waals surface area contributed by atoms with Crippen LogP contribution in [0.25, 0.3) is 0 Å².